The van der Waals surface area contributed by atoms with Crippen molar-refractivity contribution in [2.45, 2.75) is 13.5 Å². The molecule has 0 fully saturated rings. The molecule has 0 atom stereocenters. The average Bonchev–Trinajstić information content (AvgIpc) is 2.46. The molecule has 2 rings (SSSR count). The van der Waals surface area contributed by atoms with Gasteiger partial charge in [0.1, 0.15) is 6.07 Å². The lowest BCUT2D eigenvalue weighted by Crippen LogP contribution is -2.25. The summed E-state index contributed by atoms with van der Waals surface area (Å²) in [7, 11) is 0. The van der Waals surface area contributed by atoms with Crippen molar-refractivity contribution < 1.29 is 0 Å². The van der Waals surface area contributed by atoms with E-state index in [1.54, 1.807) is 18.5 Å². The molecule has 5 heteroatoms. The van der Waals surface area contributed by atoms with E-state index in [0.717, 1.165) is 12.2 Å². The van der Waals surface area contributed by atoms with Crippen molar-refractivity contribution in [2.24, 2.45) is 0 Å². The standard InChI is InChI=1S/C14H15N5/c1-2-19(10-12-5-3-4-7-17-12)14-13(16)11(9-15)6-8-18-14/h3-8H,2,10,16H2,1H3. The van der Waals surface area contributed by atoms with E-state index in [-0.39, 0.29) is 0 Å². The van der Waals surface area contributed by atoms with Crippen molar-refractivity contribution >= 4 is 11.5 Å². The average molecular weight is 253 g/mol. The molecule has 2 aromatic rings. The van der Waals surface area contributed by atoms with E-state index in [4.69, 9.17) is 11.0 Å². The summed E-state index contributed by atoms with van der Waals surface area (Å²) in [6, 6.07) is 9.46. The summed E-state index contributed by atoms with van der Waals surface area (Å²) in [5.74, 6) is 0.632. The van der Waals surface area contributed by atoms with Crippen LogP contribution in [0.15, 0.2) is 36.7 Å². The highest BCUT2D eigenvalue weighted by Gasteiger charge is 2.13. The van der Waals surface area contributed by atoms with Gasteiger partial charge in [-0.1, -0.05) is 6.07 Å². The van der Waals surface area contributed by atoms with E-state index in [1.807, 2.05) is 30.0 Å². The molecule has 96 valence electrons. The van der Waals surface area contributed by atoms with Gasteiger partial charge < -0.3 is 10.6 Å². The van der Waals surface area contributed by atoms with Crippen LogP contribution in [0.1, 0.15) is 18.2 Å². The summed E-state index contributed by atoms with van der Waals surface area (Å²) >= 11 is 0. The van der Waals surface area contributed by atoms with E-state index in [1.165, 1.54) is 0 Å². The number of nitrogen functional groups attached to an aromatic ring is 1. The first kappa shape index (κ1) is 12.8. The molecule has 0 aliphatic carbocycles. The number of rotatable bonds is 4. The normalized spacial score (nSPS) is 9.89. The number of hydrogen-bond donors (Lipinski definition) is 1. The molecule has 2 aromatic heterocycles. The van der Waals surface area contributed by atoms with Gasteiger partial charge in [-0.15, -0.1) is 0 Å². The van der Waals surface area contributed by atoms with Crippen LogP contribution in [0.2, 0.25) is 0 Å². The summed E-state index contributed by atoms with van der Waals surface area (Å²) in [6.45, 7) is 3.37. The zero-order valence-electron chi connectivity index (χ0n) is 10.7. The molecule has 2 heterocycles. The van der Waals surface area contributed by atoms with Crippen molar-refractivity contribution in [1.29, 1.82) is 5.26 Å². The summed E-state index contributed by atoms with van der Waals surface area (Å²) < 4.78 is 0. The van der Waals surface area contributed by atoms with Gasteiger partial charge in [0.15, 0.2) is 5.82 Å². The number of pyridine rings is 2. The largest absolute Gasteiger partial charge is 0.395 e. The van der Waals surface area contributed by atoms with Crippen LogP contribution < -0.4 is 10.6 Å². The lowest BCUT2D eigenvalue weighted by Gasteiger charge is -2.23. The van der Waals surface area contributed by atoms with Crippen molar-refractivity contribution in [3.8, 4) is 6.07 Å². The van der Waals surface area contributed by atoms with E-state index >= 15 is 0 Å². The van der Waals surface area contributed by atoms with Gasteiger partial charge in [-0.3, -0.25) is 4.98 Å². The molecule has 2 N–H and O–H groups in total. The zero-order valence-corrected chi connectivity index (χ0v) is 10.7. The number of hydrogen-bond acceptors (Lipinski definition) is 5. The second-order valence-corrected chi connectivity index (χ2v) is 4.04. The number of aromatic nitrogens is 2. The molecular weight excluding hydrogens is 238 g/mol. The molecule has 0 saturated carbocycles. The summed E-state index contributed by atoms with van der Waals surface area (Å²) in [6.07, 6.45) is 3.36. The van der Waals surface area contributed by atoms with E-state index in [9.17, 15) is 0 Å². The Balaban J connectivity index is 2.31. The van der Waals surface area contributed by atoms with E-state index in [0.29, 0.717) is 23.6 Å². The Morgan fingerprint density at radius 2 is 2.11 bits per heavy atom. The third kappa shape index (κ3) is 2.80. The topological polar surface area (TPSA) is 78.8 Å². The molecule has 0 unspecified atom stereocenters. The maximum absolute atomic E-state index is 9.00. The van der Waals surface area contributed by atoms with Crippen LogP contribution in [-0.2, 0) is 6.54 Å². The summed E-state index contributed by atoms with van der Waals surface area (Å²) in [5.41, 5.74) is 7.78. The van der Waals surface area contributed by atoms with Crippen LogP contribution >= 0.6 is 0 Å². The lowest BCUT2D eigenvalue weighted by molar-refractivity contribution is 0.795. The quantitative estimate of drug-likeness (QED) is 0.901. The van der Waals surface area contributed by atoms with Crippen LogP contribution in [0.3, 0.4) is 0 Å². The van der Waals surface area contributed by atoms with Gasteiger partial charge in [0, 0.05) is 18.9 Å². The second kappa shape index (κ2) is 5.83. The minimum Gasteiger partial charge on any atom is -0.395 e. The first-order valence-electron chi connectivity index (χ1n) is 6.05. The van der Waals surface area contributed by atoms with Crippen LogP contribution in [0.25, 0.3) is 0 Å². The fourth-order valence-electron chi connectivity index (χ4n) is 1.84. The zero-order chi connectivity index (χ0) is 13.7. The first-order chi connectivity index (χ1) is 9.26. The molecule has 0 spiro atoms. The molecule has 0 aromatic carbocycles. The highest BCUT2D eigenvalue weighted by Crippen LogP contribution is 2.24. The maximum Gasteiger partial charge on any atom is 0.153 e. The molecule has 0 amide bonds. The van der Waals surface area contributed by atoms with Crippen LogP contribution in [0.4, 0.5) is 11.5 Å². The SMILES string of the molecule is CCN(Cc1ccccn1)c1nccc(C#N)c1N. The Kier molecular flexibility index (Phi) is 3.94. The molecular formula is C14H15N5. The molecule has 5 nitrogen and oxygen atoms in total. The van der Waals surface area contributed by atoms with Crippen molar-refractivity contribution in [1.82, 2.24) is 9.97 Å². The number of nitrogens with two attached hydrogens (primary N) is 1. The van der Waals surface area contributed by atoms with Crippen LogP contribution in [0.5, 0.6) is 0 Å². The summed E-state index contributed by atoms with van der Waals surface area (Å²) in [4.78, 5) is 10.6. The molecule has 0 bridgehead atoms. The number of nitrogens with zero attached hydrogens (tertiary/aromatic N) is 4. The minimum atomic E-state index is 0.419. The van der Waals surface area contributed by atoms with Gasteiger partial charge >= 0.3 is 0 Å². The highest BCUT2D eigenvalue weighted by molar-refractivity contribution is 5.69. The Labute approximate surface area is 112 Å². The van der Waals surface area contributed by atoms with Crippen LogP contribution in [0, 0.1) is 11.3 Å². The molecule has 0 aliphatic rings. The Bertz CT molecular complexity index is 589. The molecule has 0 saturated heterocycles. The molecule has 19 heavy (non-hydrogen) atoms. The number of nitriles is 1. The highest BCUT2D eigenvalue weighted by atomic mass is 15.2. The predicted molar refractivity (Wildman–Crippen MR) is 74.3 cm³/mol. The third-order valence-electron chi connectivity index (χ3n) is 2.85. The van der Waals surface area contributed by atoms with Crippen molar-refractivity contribution in [3.63, 3.8) is 0 Å². The second-order valence-electron chi connectivity index (χ2n) is 4.04. The predicted octanol–water partition coefficient (Wildman–Crippen LogP) is 1.96. The Morgan fingerprint density at radius 3 is 2.74 bits per heavy atom. The summed E-state index contributed by atoms with van der Waals surface area (Å²) in [5, 5.41) is 9.00. The van der Waals surface area contributed by atoms with Gasteiger partial charge in [0.25, 0.3) is 0 Å². The number of anilines is 2. The van der Waals surface area contributed by atoms with Gasteiger partial charge in [0.05, 0.1) is 23.5 Å². The fourth-order valence-corrected chi connectivity index (χ4v) is 1.84. The van der Waals surface area contributed by atoms with Gasteiger partial charge in [-0.25, -0.2) is 4.98 Å². The van der Waals surface area contributed by atoms with E-state index in [2.05, 4.69) is 16.0 Å². The Morgan fingerprint density at radius 1 is 1.26 bits per heavy atom. The fraction of sp³-hybridized carbons (Fsp3) is 0.214. The third-order valence-corrected chi connectivity index (χ3v) is 2.85. The van der Waals surface area contributed by atoms with Gasteiger partial charge in [-0.2, -0.15) is 5.26 Å². The van der Waals surface area contributed by atoms with Gasteiger partial charge in [0.2, 0.25) is 0 Å². The maximum atomic E-state index is 9.00. The van der Waals surface area contributed by atoms with Gasteiger partial charge in [-0.05, 0) is 25.1 Å². The molecule has 0 radical (unpaired) electrons. The van der Waals surface area contributed by atoms with E-state index < -0.39 is 0 Å². The van der Waals surface area contributed by atoms with Crippen LogP contribution in [-0.4, -0.2) is 16.5 Å². The molecule has 0 aliphatic heterocycles. The lowest BCUT2D eigenvalue weighted by atomic mass is 10.2. The first-order valence-corrected chi connectivity index (χ1v) is 6.05. The minimum absolute atomic E-state index is 0.419. The van der Waals surface area contributed by atoms with Crippen molar-refractivity contribution in [2.75, 3.05) is 17.2 Å². The smallest absolute Gasteiger partial charge is 0.153 e. The Hall–Kier alpha value is -2.61. The van der Waals surface area contributed by atoms with Crippen molar-refractivity contribution in [3.05, 3.63) is 47.9 Å². The monoisotopic (exact) mass is 253 g/mol.